The van der Waals surface area contributed by atoms with Crippen LogP contribution in [0.3, 0.4) is 0 Å². The molecule has 18 heavy (non-hydrogen) atoms. The van der Waals surface area contributed by atoms with Gasteiger partial charge in [0.15, 0.2) is 0 Å². The van der Waals surface area contributed by atoms with Gasteiger partial charge in [0.2, 0.25) is 0 Å². The minimum absolute atomic E-state index is 0.103. The first-order valence-electron chi connectivity index (χ1n) is 6.14. The summed E-state index contributed by atoms with van der Waals surface area (Å²) in [5.74, 6) is 0.103. The van der Waals surface area contributed by atoms with Crippen LogP contribution in [0.4, 0.5) is 0 Å². The van der Waals surface area contributed by atoms with E-state index in [-0.39, 0.29) is 5.92 Å². The average molecular weight is 291 g/mol. The molecule has 1 atom stereocenters. The monoisotopic (exact) mass is 290 g/mol. The van der Waals surface area contributed by atoms with E-state index in [0.29, 0.717) is 24.4 Å². The van der Waals surface area contributed by atoms with Crippen LogP contribution in [-0.4, -0.2) is 19.4 Å². The van der Waals surface area contributed by atoms with Crippen molar-refractivity contribution in [3.63, 3.8) is 0 Å². The Bertz CT molecular complexity index is 395. The van der Waals surface area contributed by atoms with E-state index in [4.69, 9.17) is 20.6 Å². The molecule has 0 aliphatic heterocycles. The van der Waals surface area contributed by atoms with E-state index in [1.165, 1.54) is 0 Å². The zero-order valence-electron chi connectivity index (χ0n) is 11.1. The Morgan fingerprint density at radius 2 is 1.67 bits per heavy atom. The molecule has 0 unspecified atom stereocenters. The van der Waals surface area contributed by atoms with Gasteiger partial charge in [0.25, 0.3) is 0 Å². The first kappa shape index (κ1) is 15.7. The van der Waals surface area contributed by atoms with Crippen molar-refractivity contribution < 1.29 is 13.6 Å². The van der Waals surface area contributed by atoms with E-state index < -0.39 is 7.60 Å². The van der Waals surface area contributed by atoms with Crippen LogP contribution in [0, 0.1) is 0 Å². The third kappa shape index (κ3) is 4.74. The summed E-state index contributed by atoms with van der Waals surface area (Å²) in [6, 6.07) is 7.55. The third-order valence-corrected chi connectivity index (χ3v) is 5.14. The van der Waals surface area contributed by atoms with Gasteiger partial charge < -0.3 is 9.05 Å². The van der Waals surface area contributed by atoms with Crippen molar-refractivity contribution >= 4 is 19.2 Å². The van der Waals surface area contributed by atoms with Crippen LogP contribution in [0.1, 0.15) is 32.3 Å². The topological polar surface area (TPSA) is 35.5 Å². The fourth-order valence-corrected chi connectivity index (χ4v) is 3.85. The van der Waals surface area contributed by atoms with Gasteiger partial charge in [-0.05, 0) is 37.5 Å². The van der Waals surface area contributed by atoms with Crippen LogP contribution in [-0.2, 0) is 13.6 Å². The molecule has 0 spiro atoms. The highest BCUT2D eigenvalue weighted by atomic mass is 35.5. The first-order chi connectivity index (χ1) is 8.50. The largest absolute Gasteiger partial charge is 0.331 e. The quantitative estimate of drug-likeness (QED) is 0.682. The Hall–Kier alpha value is -0.340. The van der Waals surface area contributed by atoms with Crippen molar-refractivity contribution in [1.82, 2.24) is 0 Å². The number of benzene rings is 1. The lowest BCUT2D eigenvalue weighted by molar-refractivity contribution is 0.219. The lowest BCUT2D eigenvalue weighted by atomic mass is 10.0. The molecular formula is C13H20ClO3P. The van der Waals surface area contributed by atoms with Crippen LogP contribution >= 0.6 is 19.2 Å². The molecular weight excluding hydrogens is 271 g/mol. The first-order valence-corrected chi connectivity index (χ1v) is 8.25. The minimum atomic E-state index is -2.99. The zero-order chi connectivity index (χ0) is 13.6. The summed E-state index contributed by atoms with van der Waals surface area (Å²) in [6.07, 6.45) is 0.385. The predicted molar refractivity (Wildman–Crippen MR) is 75.6 cm³/mol. The SMILES string of the molecule is CCOP(=O)(C[C@H](C)c1ccc(Cl)cc1)OCC. The second-order valence-corrected chi connectivity index (χ2v) is 6.62. The minimum Gasteiger partial charge on any atom is -0.309 e. The highest BCUT2D eigenvalue weighted by Gasteiger charge is 2.27. The van der Waals surface area contributed by atoms with Gasteiger partial charge in [-0.15, -0.1) is 0 Å². The van der Waals surface area contributed by atoms with Gasteiger partial charge in [0, 0.05) is 5.02 Å². The van der Waals surface area contributed by atoms with E-state index in [1.54, 1.807) is 0 Å². The van der Waals surface area contributed by atoms with Gasteiger partial charge in [0.1, 0.15) is 0 Å². The summed E-state index contributed by atoms with van der Waals surface area (Å²) >= 11 is 5.84. The van der Waals surface area contributed by atoms with Crippen LogP contribution < -0.4 is 0 Å². The molecule has 0 aromatic heterocycles. The molecule has 0 heterocycles. The van der Waals surface area contributed by atoms with Crippen molar-refractivity contribution in [1.29, 1.82) is 0 Å². The standard InChI is InChI=1S/C13H20ClO3P/c1-4-16-18(15,17-5-2)10-11(3)12-6-8-13(14)9-7-12/h6-9,11H,4-5,10H2,1-3H3/t11-/m0/s1. The Labute approximate surface area is 114 Å². The van der Waals surface area contributed by atoms with Crippen LogP contribution in [0.2, 0.25) is 5.02 Å². The molecule has 0 saturated carbocycles. The maximum absolute atomic E-state index is 12.4. The molecule has 1 aromatic rings. The summed E-state index contributed by atoms with van der Waals surface area (Å²) < 4.78 is 23.0. The average Bonchev–Trinajstić information content (AvgIpc) is 2.30. The summed E-state index contributed by atoms with van der Waals surface area (Å²) in [6.45, 7) is 6.43. The summed E-state index contributed by atoms with van der Waals surface area (Å²) in [5.41, 5.74) is 1.08. The van der Waals surface area contributed by atoms with E-state index in [1.807, 2.05) is 45.0 Å². The highest BCUT2D eigenvalue weighted by molar-refractivity contribution is 7.53. The van der Waals surface area contributed by atoms with E-state index >= 15 is 0 Å². The number of hydrogen-bond acceptors (Lipinski definition) is 3. The van der Waals surface area contributed by atoms with Crippen LogP contribution in [0.15, 0.2) is 24.3 Å². The van der Waals surface area contributed by atoms with E-state index in [9.17, 15) is 4.57 Å². The third-order valence-electron chi connectivity index (χ3n) is 2.59. The Morgan fingerprint density at radius 3 is 2.11 bits per heavy atom. The summed E-state index contributed by atoms with van der Waals surface area (Å²) in [7, 11) is -2.99. The van der Waals surface area contributed by atoms with Gasteiger partial charge >= 0.3 is 7.60 Å². The highest BCUT2D eigenvalue weighted by Crippen LogP contribution is 2.51. The van der Waals surface area contributed by atoms with Crippen LogP contribution in [0.25, 0.3) is 0 Å². The summed E-state index contributed by atoms with van der Waals surface area (Å²) in [5, 5.41) is 0.698. The van der Waals surface area contributed by atoms with Gasteiger partial charge in [0.05, 0.1) is 19.4 Å². The molecule has 0 saturated heterocycles. The van der Waals surface area contributed by atoms with E-state index in [2.05, 4.69) is 0 Å². The van der Waals surface area contributed by atoms with Crippen LogP contribution in [0.5, 0.6) is 0 Å². The Morgan fingerprint density at radius 1 is 1.17 bits per heavy atom. The van der Waals surface area contributed by atoms with Gasteiger partial charge in [-0.25, -0.2) is 0 Å². The second kappa shape index (κ2) is 7.30. The molecule has 1 rings (SSSR count). The molecule has 102 valence electrons. The van der Waals surface area contributed by atoms with E-state index in [0.717, 1.165) is 5.56 Å². The maximum atomic E-state index is 12.4. The zero-order valence-corrected chi connectivity index (χ0v) is 12.7. The molecule has 0 N–H and O–H groups in total. The van der Waals surface area contributed by atoms with Crippen molar-refractivity contribution in [2.75, 3.05) is 19.4 Å². The molecule has 0 aliphatic carbocycles. The summed E-state index contributed by atoms with van der Waals surface area (Å²) in [4.78, 5) is 0. The second-order valence-electron chi connectivity index (χ2n) is 4.08. The Kier molecular flexibility index (Phi) is 6.37. The lowest BCUT2D eigenvalue weighted by Gasteiger charge is -2.21. The fourth-order valence-electron chi connectivity index (χ4n) is 1.77. The van der Waals surface area contributed by atoms with Gasteiger partial charge in [-0.3, -0.25) is 4.57 Å². The van der Waals surface area contributed by atoms with Gasteiger partial charge in [-0.1, -0.05) is 30.7 Å². The molecule has 1 aromatic carbocycles. The maximum Gasteiger partial charge on any atom is 0.331 e. The molecule has 0 radical (unpaired) electrons. The van der Waals surface area contributed by atoms with Gasteiger partial charge in [-0.2, -0.15) is 0 Å². The molecule has 0 bridgehead atoms. The number of rotatable bonds is 7. The van der Waals surface area contributed by atoms with Crippen molar-refractivity contribution in [2.24, 2.45) is 0 Å². The number of hydrogen-bond donors (Lipinski definition) is 0. The van der Waals surface area contributed by atoms with Crippen molar-refractivity contribution in [2.45, 2.75) is 26.7 Å². The van der Waals surface area contributed by atoms with Crippen molar-refractivity contribution in [3.8, 4) is 0 Å². The molecule has 0 aliphatic rings. The molecule has 3 nitrogen and oxygen atoms in total. The smallest absolute Gasteiger partial charge is 0.309 e. The molecule has 0 fully saturated rings. The fraction of sp³-hybridized carbons (Fsp3) is 0.538. The molecule has 0 amide bonds. The Balaban J connectivity index is 2.74. The molecule has 5 heteroatoms. The van der Waals surface area contributed by atoms with Crippen molar-refractivity contribution in [3.05, 3.63) is 34.9 Å². The predicted octanol–water partition coefficient (Wildman–Crippen LogP) is 4.71. The number of halogens is 1. The normalized spacial score (nSPS) is 13.6. The lowest BCUT2D eigenvalue weighted by Crippen LogP contribution is -2.06.